The van der Waals surface area contributed by atoms with Crippen LogP contribution in [0.25, 0.3) is 11.1 Å². The molecule has 3 aromatic rings. The number of aryl methyl sites for hydroxylation is 1. The van der Waals surface area contributed by atoms with Crippen LogP contribution in [-0.2, 0) is 6.42 Å². The SMILES string of the molecule is Cc1cccc2oc(Cc3ccccc3)nc12. The van der Waals surface area contributed by atoms with Crippen LogP contribution in [-0.4, -0.2) is 4.98 Å². The number of oxazole rings is 1. The molecule has 0 aliphatic carbocycles. The van der Waals surface area contributed by atoms with E-state index in [1.165, 1.54) is 5.56 Å². The number of rotatable bonds is 2. The van der Waals surface area contributed by atoms with Gasteiger partial charge in [0.1, 0.15) is 5.52 Å². The fourth-order valence-electron chi connectivity index (χ4n) is 1.98. The molecule has 0 fully saturated rings. The van der Waals surface area contributed by atoms with E-state index in [0.717, 1.165) is 29.0 Å². The van der Waals surface area contributed by atoms with Gasteiger partial charge in [0, 0.05) is 6.42 Å². The van der Waals surface area contributed by atoms with Crippen LogP contribution in [0.3, 0.4) is 0 Å². The van der Waals surface area contributed by atoms with Crippen LogP contribution in [0.5, 0.6) is 0 Å². The van der Waals surface area contributed by atoms with Crippen molar-refractivity contribution in [2.75, 3.05) is 0 Å². The molecule has 0 amide bonds. The third kappa shape index (κ3) is 1.94. The van der Waals surface area contributed by atoms with Crippen molar-refractivity contribution in [3.63, 3.8) is 0 Å². The van der Waals surface area contributed by atoms with Gasteiger partial charge in [-0.05, 0) is 24.1 Å². The highest BCUT2D eigenvalue weighted by molar-refractivity contribution is 5.76. The van der Waals surface area contributed by atoms with Crippen LogP contribution >= 0.6 is 0 Å². The lowest BCUT2D eigenvalue weighted by Crippen LogP contribution is -1.86. The fraction of sp³-hybridized carbons (Fsp3) is 0.133. The first kappa shape index (κ1) is 10.1. The molecule has 0 unspecified atom stereocenters. The number of aromatic nitrogens is 1. The largest absolute Gasteiger partial charge is 0.440 e. The molecule has 1 heterocycles. The average molecular weight is 223 g/mol. The highest BCUT2D eigenvalue weighted by Gasteiger charge is 2.07. The molecule has 2 heteroatoms. The number of fused-ring (bicyclic) bond motifs is 1. The minimum absolute atomic E-state index is 0.745. The van der Waals surface area contributed by atoms with Crippen LogP contribution in [0.1, 0.15) is 17.0 Å². The van der Waals surface area contributed by atoms with Crippen molar-refractivity contribution in [2.24, 2.45) is 0 Å². The van der Waals surface area contributed by atoms with Gasteiger partial charge >= 0.3 is 0 Å². The highest BCUT2D eigenvalue weighted by atomic mass is 16.3. The van der Waals surface area contributed by atoms with Gasteiger partial charge in [0.2, 0.25) is 0 Å². The van der Waals surface area contributed by atoms with Crippen molar-refractivity contribution in [1.29, 1.82) is 0 Å². The number of hydrogen-bond donors (Lipinski definition) is 0. The van der Waals surface area contributed by atoms with Gasteiger partial charge in [-0.2, -0.15) is 0 Å². The summed E-state index contributed by atoms with van der Waals surface area (Å²) in [5.74, 6) is 0.778. The summed E-state index contributed by atoms with van der Waals surface area (Å²) in [6.07, 6.45) is 0.745. The normalized spacial score (nSPS) is 10.9. The molecule has 0 saturated heterocycles. The number of para-hydroxylation sites is 1. The summed E-state index contributed by atoms with van der Waals surface area (Å²) in [5, 5.41) is 0. The van der Waals surface area contributed by atoms with E-state index in [-0.39, 0.29) is 0 Å². The van der Waals surface area contributed by atoms with E-state index in [4.69, 9.17) is 4.42 Å². The van der Waals surface area contributed by atoms with Crippen molar-refractivity contribution in [2.45, 2.75) is 13.3 Å². The zero-order valence-electron chi connectivity index (χ0n) is 9.68. The van der Waals surface area contributed by atoms with E-state index in [0.29, 0.717) is 0 Å². The predicted octanol–water partition coefficient (Wildman–Crippen LogP) is 3.73. The standard InChI is InChI=1S/C15H13NO/c1-11-6-5-9-13-15(11)16-14(17-13)10-12-7-3-2-4-8-12/h2-9H,10H2,1H3. The lowest BCUT2D eigenvalue weighted by Gasteiger charge is -1.94. The van der Waals surface area contributed by atoms with Crippen molar-refractivity contribution >= 4 is 11.1 Å². The third-order valence-electron chi connectivity index (χ3n) is 2.86. The van der Waals surface area contributed by atoms with Crippen LogP contribution < -0.4 is 0 Å². The van der Waals surface area contributed by atoms with Crippen LogP contribution in [0, 0.1) is 6.92 Å². The van der Waals surface area contributed by atoms with Crippen molar-refractivity contribution in [1.82, 2.24) is 4.98 Å². The molecular weight excluding hydrogens is 210 g/mol. The van der Waals surface area contributed by atoms with Gasteiger partial charge in [0.25, 0.3) is 0 Å². The smallest absolute Gasteiger partial charge is 0.199 e. The number of nitrogens with zero attached hydrogens (tertiary/aromatic N) is 1. The first-order chi connectivity index (χ1) is 8.33. The molecule has 0 aliphatic heterocycles. The van der Waals surface area contributed by atoms with Crippen molar-refractivity contribution < 1.29 is 4.42 Å². The minimum atomic E-state index is 0.745. The van der Waals surface area contributed by atoms with E-state index in [1.54, 1.807) is 0 Å². The van der Waals surface area contributed by atoms with Crippen molar-refractivity contribution in [3.05, 3.63) is 65.5 Å². The Balaban J connectivity index is 1.99. The van der Waals surface area contributed by atoms with E-state index in [9.17, 15) is 0 Å². The number of hydrogen-bond acceptors (Lipinski definition) is 2. The maximum atomic E-state index is 5.74. The maximum absolute atomic E-state index is 5.74. The quantitative estimate of drug-likeness (QED) is 0.661. The molecule has 0 N–H and O–H groups in total. The average Bonchev–Trinajstić information content (AvgIpc) is 2.74. The molecule has 2 nitrogen and oxygen atoms in total. The monoisotopic (exact) mass is 223 g/mol. The second-order valence-electron chi connectivity index (χ2n) is 4.19. The third-order valence-corrected chi connectivity index (χ3v) is 2.86. The molecule has 0 bridgehead atoms. The van der Waals surface area contributed by atoms with Gasteiger partial charge < -0.3 is 4.42 Å². The Morgan fingerprint density at radius 1 is 1.00 bits per heavy atom. The van der Waals surface area contributed by atoms with E-state index in [2.05, 4.69) is 30.1 Å². The van der Waals surface area contributed by atoms with Gasteiger partial charge in [0.05, 0.1) is 0 Å². The van der Waals surface area contributed by atoms with Gasteiger partial charge in [-0.25, -0.2) is 4.98 Å². The Morgan fingerprint density at radius 2 is 1.82 bits per heavy atom. The maximum Gasteiger partial charge on any atom is 0.199 e. The Morgan fingerprint density at radius 3 is 2.59 bits per heavy atom. The Bertz CT molecular complexity index is 640. The topological polar surface area (TPSA) is 26.0 Å². The first-order valence-corrected chi connectivity index (χ1v) is 5.72. The summed E-state index contributed by atoms with van der Waals surface area (Å²) < 4.78 is 5.74. The lowest BCUT2D eigenvalue weighted by atomic mass is 10.1. The van der Waals surface area contributed by atoms with Gasteiger partial charge in [0.15, 0.2) is 11.5 Å². The van der Waals surface area contributed by atoms with E-state index >= 15 is 0 Å². The van der Waals surface area contributed by atoms with Gasteiger partial charge in [-0.1, -0.05) is 42.5 Å². The number of benzene rings is 2. The lowest BCUT2D eigenvalue weighted by molar-refractivity contribution is 0.544. The predicted molar refractivity (Wildman–Crippen MR) is 68.0 cm³/mol. The summed E-state index contributed by atoms with van der Waals surface area (Å²) in [6, 6.07) is 16.3. The van der Waals surface area contributed by atoms with E-state index < -0.39 is 0 Å². The highest BCUT2D eigenvalue weighted by Crippen LogP contribution is 2.20. The molecule has 84 valence electrons. The molecule has 0 aliphatic rings. The zero-order chi connectivity index (χ0) is 11.7. The van der Waals surface area contributed by atoms with Crippen LogP contribution in [0.15, 0.2) is 52.9 Å². The second-order valence-corrected chi connectivity index (χ2v) is 4.19. The van der Waals surface area contributed by atoms with Gasteiger partial charge in [-0.15, -0.1) is 0 Å². The second kappa shape index (κ2) is 4.06. The molecule has 0 radical (unpaired) electrons. The van der Waals surface area contributed by atoms with Crippen LogP contribution in [0.2, 0.25) is 0 Å². The molecule has 17 heavy (non-hydrogen) atoms. The molecule has 0 atom stereocenters. The Hall–Kier alpha value is -2.09. The summed E-state index contributed by atoms with van der Waals surface area (Å²) in [7, 11) is 0. The molecule has 0 spiro atoms. The van der Waals surface area contributed by atoms with Crippen molar-refractivity contribution in [3.8, 4) is 0 Å². The Kier molecular flexibility index (Phi) is 2.41. The summed E-state index contributed by atoms with van der Waals surface area (Å²) in [5.41, 5.74) is 4.22. The summed E-state index contributed by atoms with van der Waals surface area (Å²) >= 11 is 0. The molecule has 0 saturated carbocycles. The van der Waals surface area contributed by atoms with Crippen LogP contribution in [0.4, 0.5) is 0 Å². The van der Waals surface area contributed by atoms with Gasteiger partial charge in [-0.3, -0.25) is 0 Å². The van der Waals surface area contributed by atoms with E-state index in [1.807, 2.05) is 30.3 Å². The molecule has 3 rings (SSSR count). The summed E-state index contributed by atoms with van der Waals surface area (Å²) in [4.78, 5) is 4.54. The minimum Gasteiger partial charge on any atom is -0.440 e. The fourth-order valence-corrected chi connectivity index (χ4v) is 1.98. The molecule has 1 aromatic heterocycles. The summed E-state index contributed by atoms with van der Waals surface area (Å²) in [6.45, 7) is 2.05. The first-order valence-electron chi connectivity index (χ1n) is 5.72. The molecule has 2 aromatic carbocycles. The zero-order valence-corrected chi connectivity index (χ0v) is 9.68. The Labute approximate surface area is 99.9 Å². The molecular formula is C15H13NO.